The van der Waals surface area contributed by atoms with Crippen LogP contribution < -0.4 is 4.74 Å². The number of ether oxygens (including phenoxy) is 1. The fourth-order valence-electron chi connectivity index (χ4n) is 2.08. The Kier molecular flexibility index (Phi) is 5.62. The molecule has 106 valence electrons. The smallest absolute Gasteiger partial charge is 0.126 e. The molecule has 0 fully saturated rings. The van der Waals surface area contributed by atoms with E-state index >= 15 is 0 Å². The zero-order chi connectivity index (χ0) is 14.4. The normalized spacial score (nSPS) is 12.2. The highest BCUT2D eigenvalue weighted by atomic mass is 79.9. The second-order valence-electron chi connectivity index (χ2n) is 4.80. The molecule has 1 N–H and O–H groups in total. The number of halogens is 1. The second-order valence-corrected chi connectivity index (χ2v) is 5.71. The van der Waals surface area contributed by atoms with Crippen LogP contribution in [0.15, 0.2) is 53.0 Å². The zero-order valence-electron chi connectivity index (χ0n) is 11.6. The van der Waals surface area contributed by atoms with E-state index in [9.17, 15) is 5.11 Å². The van der Waals surface area contributed by atoms with Gasteiger partial charge in [-0.3, -0.25) is 0 Å². The van der Waals surface area contributed by atoms with Gasteiger partial charge in [0.05, 0.1) is 12.7 Å². The van der Waals surface area contributed by atoms with Crippen LogP contribution in [0.3, 0.4) is 0 Å². The van der Waals surface area contributed by atoms with E-state index in [1.165, 1.54) is 5.56 Å². The van der Waals surface area contributed by atoms with E-state index in [4.69, 9.17) is 4.74 Å². The van der Waals surface area contributed by atoms with E-state index in [1.54, 1.807) is 6.92 Å². The van der Waals surface area contributed by atoms with Crippen molar-refractivity contribution in [2.75, 3.05) is 6.61 Å². The summed E-state index contributed by atoms with van der Waals surface area (Å²) >= 11 is 3.43. The van der Waals surface area contributed by atoms with Crippen molar-refractivity contribution in [2.45, 2.75) is 25.9 Å². The minimum Gasteiger partial charge on any atom is -0.493 e. The molecule has 0 radical (unpaired) electrons. The summed E-state index contributed by atoms with van der Waals surface area (Å²) < 4.78 is 6.77. The highest BCUT2D eigenvalue weighted by Crippen LogP contribution is 2.28. The summed E-state index contributed by atoms with van der Waals surface area (Å²) in [4.78, 5) is 0. The Hall–Kier alpha value is -1.32. The number of aryl methyl sites for hydroxylation is 1. The molecule has 0 spiro atoms. The van der Waals surface area contributed by atoms with Crippen LogP contribution in [-0.4, -0.2) is 11.7 Å². The third kappa shape index (κ3) is 4.36. The largest absolute Gasteiger partial charge is 0.493 e. The Morgan fingerprint density at radius 2 is 1.90 bits per heavy atom. The van der Waals surface area contributed by atoms with Crippen molar-refractivity contribution in [3.05, 3.63) is 64.1 Å². The Labute approximate surface area is 128 Å². The van der Waals surface area contributed by atoms with E-state index in [0.717, 1.165) is 28.6 Å². The maximum Gasteiger partial charge on any atom is 0.126 e. The summed E-state index contributed by atoms with van der Waals surface area (Å²) in [6, 6.07) is 16.1. The second kappa shape index (κ2) is 7.46. The summed E-state index contributed by atoms with van der Waals surface area (Å²) in [5.74, 6) is 0.752. The molecule has 2 aromatic carbocycles. The predicted octanol–water partition coefficient (Wildman–Crippen LogP) is 4.51. The summed E-state index contributed by atoms with van der Waals surface area (Å²) in [5, 5.41) is 9.73. The molecule has 0 aliphatic rings. The molecule has 0 saturated carbocycles. The lowest BCUT2D eigenvalue weighted by atomic mass is 10.1. The monoisotopic (exact) mass is 334 g/mol. The Bertz CT molecular complexity index is 538. The van der Waals surface area contributed by atoms with Crippen LogP contribution in [0.1, 0.15) is 30.6 Å². The van der Waals surface area contributed by atoms with Gasteiger partial charge in [0.2, 0.25) is 0 Å². The fourth-order valence-corrected chi connectivity index (χ4v) is 2.42. The van der Waals surface area contributed by atoms with Crippen LogP contribution >= 0.6 is 15.9 Å². The Morgan fingerprint density at radius 3 is 2.60 bits per heavy atom. The van der Waals surface area contributed by atoms with E-state index < -0.39 is 6.10 Å². The first kappa shape index (κ1) is 15.1. The number of aliphatic hydroxyl groups is 1. The van der Waals surface area contributed by atoms with Crippen LogP contribution in [-0.2, 0) is 6.42 Å². The third-order valence-corrected chi connectivity index (χ3v) is 3.63. The maximum atomic E-state index is 9.73. The van der Waals surface area contributed by atoms with Gasteiger partial charge in [-0.25, -0.2) is 0 Å². The lowest BCUT2D eigenvalue weighted by Gasteiger charge is -2.14. The molecule has 0 saturated heterocycles. The average molecular weight is 335 g/mol. The number of benzene rings is 2. The Morgan fingerprint density at radius 1 is 1.15 bits per heavy atom. The molecule has 20 heavy (non-hydrogen) atoms. The molecule has 0 unspecified atom stereocenters. The first-order chi connectivity index (χ1) is 9.66. The van der Waals surface area contributed by atoms with Crippen molar-refractivity contribution in [3.63, 3.8) is 0 Å². The van der Waals surface area contributed by atoms with Crippen molar-refractivity contribution >= 4 is 15.9 Å². The molecule has 0 amide bonds. The van der Waals surface area contributed by atoms with Crippen LogP contribution in [0.2, 0.25) is 0 Å². The topological polar surface area (TPSA) is 29.5 Å². The van der Waals surface area contributed by atoms with E-state index in [1.807, 2.05) is 24.3 Å². The van der Waals surface area contributed by atoms with Gasteiger partial charge in [-0.05, 0) is 37.5 Å². The van der Waals surface area contributed by atoms with Crippen molar-refractivity contribution in [1.82, 2.24) is 0 Å². The molecule has 0 heterocycles. The molecule has 0 aromatic heterocycles. The molecule has 2 aromatic rings. The first-order valence-corrected chi connectivity index (χ1v) is 7.60. The van der Waals surface area contributed by atoms with Crippen molar-refractivity contribution in [2.24, 2.45) is 0 Å². The average Bonchev–Trinajstić information content (AvgIpc) is 2.44. The fraction of sp³-hybridized carbons (Fsp3) is 0.294. The van der Waals surface area contributed by atoms with Gasteiger partial charge in [0, 0.05) is 10.0 Å². The highest BCUT2D eigenvalue weighted by molar-refractivity contribution is 9.10. The van der Waals surface area contributed by atoms with Gasteiger partial charge in [0.15, 0.2) is 0 Å². The summed E-state index contributed by atoms with van der Waals surface area (Å²) in [5.41, 5.74) is 2.15. The van der Waals surface area contributed by atoms with Crippen molar-refractivity contribution in [3.8, 4) is 5.75 Å². The molecule has 2 nitrogen and oxygen atoms in total. The van der Waals surface area contributed by atoms with Crippen LogP contribution in [0.25, 0.3) is 0 Å². The number of rotatable bonds is 6. The number of aliphatic hydroxyl groups excluding tert-OH is 1. The molecule has 0 aliphatic carbocycles. The van der Waals surface area contributed by atoms with Gasteiger partial charge >= 0.3 is 0 Å². The third-order valence-electron chi connectivity index (χ3n) is 3.14. The van der Waals surface area contributed by atoms with Crippen LogP contribution in [0.4, 0.5) is 0 Å². The maximum absolute atomic E-state index is 9.73. The SMILES string of the molecule is C[C@H](O)c1ccc(Br)cc1OCCCc1ccccc1. The van der Waals surface area contributed by atoms with Gasteiger partial charge in [0.25, 0.3) is 0 Å². The van der Waals surface area contributed by atoms with Crippen molar-refractivity contribution in [1.29, 1.82) is 0 Å². The lowest BCUT2D eigenvalue weighted by Crippen LogP contribution is -2.03. The molecule has 1 atom stereocenters. The highest BCUT2D eigenvalue weighted by Gasteiger charge is 2.09. The lowest BCUT2D eigenvalue weighted by molar-refractivity contribution is 0.191. The minimum absolute atomic E-state index is 0.521. The van der Waals surface area contributed by atoms with E-state index in [0.29, 0.717) is 6.61 Å². The number of hydrogen-bond acceptors (Lipinski definition) is 2. The standard InChI is InChI=1S/C17H19BrO2/c1-13(19)16-10-9-15(18)12-17(16)20-11-5-8-14-6-3-2-4-7-14/h2-4,6-7,9-10,12-13,19H,5,8,11H2,1H3/t13-/m0/s1. The zero-order valence-corrected chi connectivity index (χ0v) is 13.1. The van der Waals surface area contributed by atoms with Crippen LogP contribution in [0, 0.1) is 0 Å². The van der Waals surface area contributed by atoms with Gasteiger partial charge < -0.3 is 9.84 Å². The summed E-state index contributed by atoms with van der Waals surface area (Å²) in [6.45, 7) is 2.39. The van der Waals surface area contributed by atoms with Crippen LogP contribution in [0.5, 0.6) is 5.75 Å². The van der Waals surface area contributed by atoms with Gasteiger partial charge in [0.1, 0.15) is 5.75 Å². The van der Waals surface area contributed by atoms with Gasteiger partial charge in [-0.1, -0.05) is 52.3 Å². The van der Waals surface area contributed by atoms with E-state index in [-0.39, 0.29) is 0 Å². The molecule has 2 rings (SSSR count). The molecular formula is C17H19BrO2. The van der Waals surface area contributed by atoms with Crippen molar-refractivity contribution < 1.29 is 9.84 Å². The predicted molar refractivity (Wildman–Crippen MR) is 85.0 cm³/mol. The van der Waals surface area contributed by atoms with Gasteiger partial charge in [-0.15, -0.1) is 0 Å². The van der Waals surface area contributed by atoms with E-state index in [2.05, 4.69) is 40.2 Å². The first-order valence-electron chi connectivity index (χ1n) is 6.81. The minimum atomic E-state index is -0.521. The quantitative estimate of drug-likeness (QED) is 0.787. The summed E-state index contributed by atoms with van der Waals surface area (Å²) in [7, 11) is 0. The summed E-state index contributed by atoms with van der Waals surface area (Å²) in [6.07, 6.45) is 1.43. The molecular weight excluding hydrogens is 316 g/mol. The molecule has 0 bridgehead atoms. The Balaban J connectivity index is 1.89. The molecule has 3 heteroatoms. The number of hydrogen-bond donors (Lipinski definition) is 1. The van der Waals surface area contributed by atoms with Gasteiger partial charge in [-0.2, -0.15) is 0 Å². The molecule has 0 aliphatic heterocycles.